The molecule has 0 aliphatic carbocycles. The SMILES string of the molecule is Cc1sccc1C(O)c1cccc2c1NCC2. The van der Waals surface area contributed by atoms with E-state index in [9.17, 15) is 5.11 Å². The molecule has 2 heterocycles. The number of hydrogen-bond donors (Lipinski definition) is 2. The molecule has 2 aromatic rings. The zero-order valence-electron chi connectivity index (χ0n) is 9.73. The van der Waals surface area contributed by atoms with Gasteiger partial charge in [0.2, 0.25) is 0 Å². The van der Waals surface area contributed by atoms with Gasteiger partial charge in [-0.3, -0.25) is 0 Å². The van der Waals surface area contributed by atoms with Crippen LogP contribution < -0.4 is 5.32 Å². The Labute approximate surface area is 105 Å². The number of fused-ring (bicyclic) bond motifs is 1. The van der Waals surface area contributed by atoms with Crippen LogP contribution >= 0.6 is 11.3 Å². The molecule has 0 saturated heterocycles. The molecule has 3 heteroatoms. The average Bonchev–Trinajstić information content (AvgIpc) is 2.95. The van der Waals surface area contributed by atoms with E-state index in [0.717, 1.165) is 29.8 Å². The van der Waals surface area contributed by atoms with Gasteiger partial charge < -0.3 is 10.4 Å². The molecule has 1 aromatic carbocycles. The Bertz CT molecular complexity index is 547. The predicted molar refractivity (Wildman–Crippen MR) is 71.8 cm³/mol. The highest BCUT2D eigenvalue weighted by Gasteiger charge is 2.21. The Balaban J connectivity index is 2.05. The van der Waals surface area contributed by atoms with Gasteiger partial charge in [0.25, 0.3) is 0 Å². The Hall–Kier alpha value is -1.32. The molecule has 1 unspecified atom stereocenters. The van der Waals surface area contributed by atoms with Crippen molar-refractivity contribution in [3.05, 3.63) is 51.2 Å². The van der Waals surface area contributed by atoms with Crippen LogP contribution in [0.5, 0.6) is 0 Å². The minimum atomic E-state index is -0.512. The number of hydrogen-bond acceptors (Lipinski definition) is 3. The van der Waals surface area contributed by atoms with Gasteiger partial charge in [-0.2, -0.15) is 0 Å². The molecule has 1 aliphatic heterocycles. The van der Waals surface area contributed by atoms with Crippen molar-refractivity contribution in [1.29, 1.82) is 0 Å². The number of benzene rings is 1. The minimum Gasteiger partial charge on any atom is -0.384 e. The first-order valence-corrected chi connectivity index (χ1v) is 6.73. The molecule has 0 fully saturated rings. The molecule has 17 heavy (non-hydrogen) atoms. The van der Waals surface area contributed by atoms with E-state index in [0.29, 0.717) is 0 Å². The molecule has 3 rings (SSSR count). The lowest BCUT2D eigenvalue weighted by molar-refractivity contribution is 0.221. The highest BCUT2D eigenvalue weighted by molar-refractivity contribution is 7.10. The smallest absolute Gasteiger partial charge is 0.107 e. The first kappa shape index (κ1) is 10.8. The highest BCUT2D eigenvalue weighted by atomic mass is 32.1. The van der Waals surface area contributed by atoms with Crippen molar-refractivity contribution in [1.82, 2.24) is 0 Å². The third-order valence-corrected chi connectivity index (χ3v) is 4.23. The van der Waals surface area contributed by atoms with Crippen molar-refractivity contribution >= 4 is 17.0 Å². The van der Waals surface area contributed by atoms with E-state index in [1.807, 2.05) is 23.6 Å². The lowest BCUT2D eigenvalue weighted by Gasteiger charge is -2.15. The fraction of sp³-hybridized carbons (Fsp3) is 0.286. The molecule has 2 N–H and O–H groups in total. The summed E-state index contributed by atoms with van der Waals surface area (Å²) in [5, 5.41) is 15.9. The van der Waals surface area contributed by atoms with Crippen molar-refractivity contribution in [2.45, 2.75) is 19.4 Å². The first-order valence-electron chi connectivity index (χ1n) is 5.85. The Morgan fingerprint density at radius 1 is 1.29 bits per heavy atom. The molecule has 88 valence electrons. The summed E-state index contributed by atoms with van der Waals surface area (Å²) in [6, 6.07) is 8.19. The lowest BCUT2D eigenvalue weighted by atomic mass is 9.98. The number of aryl methyl sites for hydroxylation is 1. The van der Waals surface area contributed by atoms with Crippen LogP contribution in [-0.2, 0) is 6.42 Å². The van der Waals surface area contributed by atoms with Crippen LogP contribution in [0.4, 0.5) is 5.69 Å². The number of para-hydroxylation sites is 1. The maximum Gasteiger partial charge on any atom is 0.107 e. The van der Waals surface area contributed by atoms with E-state index in [-0.39, 0.29) is 0 Å². The Morgan fingerprint density at radius 3 is 2.94 bits per heavy atom. The van der Waals surface area contributed by atoms with Gasteiger partial charge in [0.05, 0.1) is 0 Å². The van der Waals surface area contributed by atoms with Crippen molar-refractivity contribution in [3.63, 3.8) is 0 Å². The Morgan fingerprint density at radius 2 is 2.18 bits per heavy atom. The molecule has 0 radical (unpaired) electrons. The quantitative estimate of drug-likeness (QED) is 0.852. The van der Waals surface area contributed by atoms with Crippen LogP contribution in [0.15, 0.2) is 29.6 Å². The molecular formula is C14H15NOS. The van der Waals surface area contributed by atoms with Crippen LogP contribution in [-0.4, -0.2) is 11.7 Å². The monoisotopic (exact) mass is 245 g/mol. The molecule has 0 bridgehead atoms. The molecule has 1 atom stereocenters. The summed E-state index contributed by atoms with van der Waals surface area (Å²) in [6.07, 6.45) is 0.542. The lowest BCUT2D eigenvalue weighted by Crippen LogP contribution is -2.03. The summed E-state index contributed by atoms with van der Waals surface area (Å²) >= 11 is 1.68. The van der Waals surface area contributed by atoms with E-state index in [1.165, 1.54) is 10.4 Å². The number of thiophene rings is 1. The van der Waals surface area contributed by atoms with E-state index in [4.69, 9.17) is 0 Å². The highest BCUT2D eigenvalue weighted by Crippen LogP contribution is 2.35. The van der Waals surface area contributed by atoms with Gasteiger partial charge in [0, 0.05) is 22.7 Å². The largest absolute Gasteiger partial charge is 0.384 e. The second-order valence-corrected chi connectivity index (χ2v) is 5.51. The number of rotatable bonds is 2. The summed E-state index contributed by atoms with van der Waals surface area (Å²) in [6.45, 7) is 3.03. The molecule has 0 amide bonds. The minimum absolute atomic E-state index is 0.512. The fourth-order valence-electron chi connectivity index (χ4n) is 2.44. The zero-order chi connectivity index (χ0) is 11.8. The third-order valence-electron chi connectivity index (χ3n) is 3.37. The van der Waals surface area contributed by atoms with Crippen LogP contribution in [0.1, 0.15) is 27.7 Å². The summed E-state index contributed by atoms with van der Waals surface area (Å²) in [5.41, 5.74) is 4.47. The molecule has 0 spiro atoms. The summed E-state index contributed by atoms with van der Waals surface area (Å²) in [4.78, 5) is 1.19. The van der Waals surface area contributed by atoms with Crippen LogP contribution in [0.3, 0.4) is 0 Å². The van der Waals surface area contributed by atoms with Gasteiger partial charge in [-0.25, -0.2) is 0 Å². The van der Waals surface area contributed by atoms with E-state index in [1.54, 1.807) is 11.3 Å². The van der Waals surface area contributed by atoms with Crippen molar-refractivity contribution < 1.29 is 5.11 Å². The van der Waals surface area contributed by atoms with Crippen molar-refractivity contribution in [3.8, 4) is 0 Å². The molecular weight excluding hydrogens is 230 g/mol. The number of nitrogens with one attached hydrogen (secondary N) is 1. The van der Waals surface area contributed by atoms with Gasteiger partial charge in [0.1, 0.15) is 6.10 Å². The summed E-state index contributed by atoms with van der Waals surface area (Å²) in [5.74, 6) is 0. The van der Waals surface area contributed by atoms with Crippen LogP contribution in [0.2, 0.25) is 0 Å². The maximum absolute atomic E-state index is 10.5. The van der Waals surface area contributed by atoms with E-state index >= 15 is 0 Å². The molecule has 1 aromatic heterocycles. The fourth-order valence-corrected chi connectivity index (χ4v) is 3.17. The number of aliphatic hydroxyl groups is 1. The van der Waals surface area contributed by atoms with Crippen molar-refractivity contribution in [2.75, 3.05) is 11.9 Å². The van der Waals surface area contributed by atoms with E-state index < -0.39 is 6.10 Å². The molecule has 0 saturated carbocycles. The molecule has 2 nitrogen and oxygen atoms in total. The van der Waals surface area contributed by atoms with Gasteiger partial charge in [-0.05, 0) is 35.9 Å². The summed E-state index contributed by atoms with van der Waals surface area (Å²) < 4.78 is 0. The maximum atomic E-state index is 10.5. The summed E-state index contributed by atoms with van der Waals surface area (Å²) in [7, 11) is 0. The topological polar surface area (TPSA) is 32.3 Å². The standard InChI is InChI=1S/C14H15NOS/c1-9-11(6-8-17-9)14(16)12-4-2-3-10-5-7-15-13(10)12/h2-4,6,8,14-16H,5,7H2,1H3. The van der Waals surface area contributed by atoms with Gasteiger partial charge >= 0.3 is 0 Å². The zero-order valence-corrected chi connectivity index (χ0v) is 10.6. The van der Waals surface area contributed by atoms with Gasteiger partial charge in [0.15, 0.2) is 0 Å². The first-order chi connectivity index (χ1) is 8.27. The second kappa shape index (κ2) is 4.17. The Kier molecular flexibility index (Phi) is 2.65. The van der Waals surface area contributed by atoms with Crippen LogP contribution in [0, 0.1) is 6.92 Å². The van der Waals surface area contributed by atoms with E-state index in [2.05, 4.69) is 18.3 Å². The third kappa shape index (κ3) is 1.75. The van der Waals surface area contributed by atoms with Crippen molar-refractivity contribution in [2.24, 2.45) is 0 Å². The van der Waals surface area contributed by atoms with Gasteiger partial charge in [-0.1, -0.05) is 18.2 Å². The molecule has 1 aliphatic rings. The van der Waals surface area contributed by atoms with Gasteiger partial charge in [-0.15, -0.1) is 11.3 Å². The second-order valence-electron chi connectivity index (χ2n) is 4.39. The van der Waals surface area contributed by atoms with Crippen LogP contribution in [0.25, 0.3) is 0 Å². The number of anilines is 1. The average molecular weight is 245 g/mol. The predicted octanol–water partition coefficient (Wildman–Crippen LogP) is 3.11. The number of aliphatic hydroxyl groups excluding tert-OH is 1. The normalized spacial score (nSPS) is 15.4.